The molecule has 1 aliphatic rings. The molecule has 0 aromatic heterocycles. The molecule has 0 bridgehead atoms. The summed E-state index contributed by atoms with van der Waals surface area (Å²) in [7, 11) is -3.09. The smallest absolute Gasteiger partial charge is 0.155 e. The maximum atomic E-state index is 12.1. The second kappa shape index (κ2) is 6.65. The van der Waals surface area contributed by atoms with Crippen LogP contribution in [0.15, 0.2) is 24.3 Å². The molecule has 0 unspecified atom stereocenters. The van der Waals surface area contributed by atoms with Gasteiger partial charge < -0.3 is 10.6 Å². The van der Waals surface area contributed by atoms with E-state index in [1.807, 2.05) is 0 Å². The Morgan fingerprint density at radius 2 is 2.00 bits per heavy atom. The second-order valence-electron chi connectivity index (χ2n) is 5.21. The van der Waals surface area contributed by atoms with Gasteiger partial charge in [-0.15, -0.1) is 0 Å². The van der Waals surface area contributed by atoms with Gasteiger partial charge in [0, 0.05) is 12.1 Å². The zero-order valence-corrected chi connectivity index (χ0v) is 13.0. The number of thiocarbonyl (C=S) groups is 1. The first-order valence-electron chi connectivity index (χ1n) is 6.78. The lowest BCUT2D eigenvalue weighted by Gasteiger charge is -2.14. The first-order valence-corrected chi connectivity index (χ1v) is 9.01. The summed E-state index contributed by atoms with van der Waals surface area (Å²) in [5.41, 5.74) is 7.03. The molecular weight excluding hydrogens is 292 g/mol. The summed E-state index contributed by atoms with van der Waals surface area (Å²) in [4.78, 5) is 2.50. The van der Waals surface area contributed by atoms with Gasteiger partial charge in [-0.25, -0.2) is 8.42 Å². The summed E-state index contributed by atoms with van der Waals surface area (Å²) in [6.07, 6.45) is 2.35. The zero-order valence-electron chi connectivity index (χ0n) is 11.4. The molecule has 1 saturated heterocycles. The third kappa shape index (κ3) is 4.54. The summed E-state index contributed by atoms with van der Waals surface area (Å²) >= 11 is 4.91. The Morgan fingerprint density at radius 1 is 1.30 bits per heavy atom. The Bertz CT molecular complexity index is 579. The monoisotopic (exact) mass is 312 g/mol. The minimum Gasteiger partial charge on any atom is -0.389 e. The van der Waals surface area contributed by atoms with E-state index in [-0.39, 0.29) is 11.5 Å². The highest BCUT2D eigenvalue weighted by Gasteiger charge is 2.17. The van der Waals surface area contributed by atoms with Crippen LogP contribution in [0.25, 0.3) is 0 Å². The van der Waals surface area contributed by atoms with Crippen LogP contribution in [0.4, 0.5) is 0 Å². The Kier molecular flexibility index (Phi) is 5.12. The molecule has 1 fully saturated rings. The lowest BCUT2D eigenvalue weighted by Crippen LogP contribution is -2.27. The molecule has 0 amide bonds. The van der Waals surface area contributed by atoms with Crippen molar-refractivity contribution in [2.45, 2.75) is 18.6 Å². The van der Waals surface area contributed by atoms with Crippen molar-refractivity contribution in [3.63, 3.8) is 0 Å². The molecule has 1 aliphatic heterocycles. The van der Waals surface area contributed by atoms with Crippen LogP contribution in [0, 0.1) is 0 Å². The topological polar surface area (TPSA) is 63.4 Å². The molecule has 0 saturated carbocycles. The third-order valence-electron chi connectivity index (χ3n) is 3.52. The average molecular weight is 312 g/mol. The van der Waals surface area contributed by atoms with Gasteiger partial charge in [0.05, 0.1) is 11.5 Å². The van der Waals surface area contributed by atoms with Crippen LogP contribution in [-0.4, -0.2) is 43.7 Å². The predicted octanol–water partition coefficient (Wildman–Crippen LogP) is 1.33. The van der Waals surface area contributed by atoms with Crippen molar-refractivity contribution in [2.24, 2.45) is 5.73 Å². The largest absolute Gasteiger partial charge is 0.389 e. The highest BCUT2D eigenvalue weighted by Crippen LogP contribution is 2.12. The quantitative estimate of drug-likeness (QED) is 0.803. The van der Waals surface area contributed by atoms with E-state index in [0.717, 1.165) is 18.7 Å². The number of hydrogen-bond donors (Lipinski definition) is 1. The van der Waals surface area contributed by atoms with Gasteiger partial charge in [-0.3, -0.25) is 0 Å². The summed E-state index contributed by atoms with van der Waals surface area (Å²) < 4.78 is 24.3. The molecule has 4 nitrogen and oxygen atoms in total. The van der Waals surface area contributed by atoms with Gasteiger partial charge in [0.2, 0.25) is 0 Å². The maximum Gasteiger partial charge on any atom is 0.155 e. The fraction of sp³-hybridized carbons (Fsp3) is 0.500. The summed E-state index contributed by atoms with van der Waals surface area (Å²) in [5.74, 6) is 0.265. The van der Waals surface area contributed by atoms with E-state index in [1.54, 1.807) is 24.3 Å². The molecule has 110 valence electrons. The number of rotatable bonds is 6. The number of nitrogens with zero attached hydrogens (tertiary/aromatic N) is 1. The zero-order chi connectivity index (χ0) is 14.6. The molecule has 0 aliphatic carbocycles. The van der Waals surface area contributed by atoms with E-state index >= 15 is 0 Å². The molecule has 2 rings (SSSR count). The summed E-state index contributed by atoms with van der Waals surface area (Å²) in [6, 6.07) is 7.15. The Balaban J connectivity index is 1.96. The molecular formula is C14H20N2O2S2. The van der Waals surface area contributed by atoms with Crippen molar-refractivity contribution >= 4 is 27.0 Å². The van der Waals surface area contributed by atoms with Crippen LogP contribution in [0.1, 0.15) is 24.0 Å². The predicted molar refractivity (Wildman–Crippen MR) is 85.5 cm³/mol. The molecule has 2 N–H and O–H groups in total. The van der Waals surface area contributed by atoms with Crippen LogP contribution < -0.4 is 5.73 Å². The van der Waals surface area contributed by atoms with Crippen LogP contribution in [0.3, 0.4) is 0 Å². The average Bonchev–Trinajstić information content (AvgIpc) is 2.89. The van der Waals surface area contributed by atoms with Crippen molar-refractivity contribution < 1.29 is 8.42 Å². The number of sulfone groups is 1. The van der Waals surface area contributed by atoms with Gasteiger partial charge in [0.15, 0.2) is 9.84 Å². The molecule has 1 heterocycles. The SMILES string of the molecule is NC(=S)c1cccc(CS(=O)(=O)CCN2CCCC2)c1. The Hall–Kier alpha value is -0.980. The van der Waals surface area contributed by atoms with E-state index in [9.17, 15) is 8.42 Å². The van der Waals surface area contributed by atoms with Gasteiger partial charge in [0.1, 0.15) is 4.99 Å². The van der Waals surface area contributed by atoms with Crippen LogP contribution >= 0.6 is 12.2 Å². The van der Waals surface area contributed by atoms with Crippen LogP contribution in [0.2, 0.25) is 0 Å². The molecule has 1 aromatic rings. The lowest BCUT2D eigenvalue weighted by molar-refractivity contribution is 0.359. The molecule has 0 atom stereocenters. The van der Waals surface area contributed by atoms with Gasteiger partial charge in [-0.2, -0.15) is 0 Å². The first-order chi connectivity index (χ1) is 9.46. The Labute approximate surface area is 125 Å². The van der Waals surface area contributed by atoms with Crippen molar-refractivity contribution in [1.29, 1.82) is 0 Å². The van der Waals surface area contributed by atoms with Gasteiger partial charge in [0.25, 0.3) is 0 Å². The van der Waals surface area contributed by atoms with Crippen molar-refractivity contribution in [3.8, 4) is 0 Å². The third-order valence-corrected chi connectivity index (χ3v) is 5.33. The minimum atomic E-state index is -3.09. The summed E-state index contributed by atoms with van der Waals surface area (Å²) in [5, 5.41) is 0. The van der Waals surface area contributed by atoms with Crippen LogP contribution in [0.5, 0.6) is 0 Å². The second-order valence-corrected chi connectivity index (χ2v) is 7.83. The van der Waals surface area contributed by atoms with E-state index in [1.165, 1.54) is 12.8 Å². The van der Waals surface area contributed by atoms with Gasteiger partial charge in [-0.1, -0.05) is 30.4 Å². The highest BCUT2D eigenvalue weighted by molar-refractivity contribution is 7.90. The molecule has 0 spiro atoms. The van der Waals surface area contributed by atoms with Crippen molar-refractivity contribution in [3.05, 3.63) is 35.4 Å². The maximum absolute atomic E-state index is 12.1. The molecule has 6 heteroatoms. The van der Waals surface area contributed by atoms with E-state index < -0.39 is 9.84 Å². The molecule has 1 aromatic carbocycles. The van der Waals surface area contributed by atoms with Gasteiger partial charge >= 0.3 is 0 Å². The Morgan fingerprint density at radius 3 is 2.65 bits per heavy atom. The van der Waals surface area contributed by atoms with Crippen LogP contribution in [-0.2, 0) is 15.6 Å². The number of hydrogen-bond acceptors (Lipinski definition) is 4. The summed E-state index contributed by atoms with van der Waals surface area (Å²) in [6.45, 7) is 2.68. The number of benzene rings is 1. The van der Waals surface area contributed by atoms with E-state index in [0.29, 0.717) is 17.1 Å². The normalized spacial score (nSPS) is 16.4. The minimum absolute atomic E-state index is 0.0529. The highest BCUT2D eigenvalue weighted by atomic mass is 32.2. The van der Waals surface area contributed by atoms with Gasteiger partial charge in [-0.05, 0) is 37.6 Å². The lowest BCUT2D eigenvalue weighted by atomic mass is 10.1. The molecule has 0 radical (unpaired) electrons. The standard InChI is InChI=1S/C14H20N2O2S2/c15-14(19)13-5-3-4-12(10-13)11-20(17,18)9-8-16-6-1-2-7-16/h3-5,10H,1-2,6-9,11H2,(H2,15,19). The fourth-order valence-corrected chi connectivity index (χ4v) is 3.91. The number of likely N-dealkylation sites (tertiary alicyclic amines) is 1. The number of nitrogens with two attached hydrogens (primary N) is 1. The first kappa shape index (κ1) is 15.4. The van der Waals surface area contributed by atoms with Crippen molar-refractivity contribution in [1.82, 2.24) is 4.90 Å². The van der Waals surface area contributed by atoms with Crippen molar-refractivity contribution in [2.75, 3.05) is 25.4 Å². The fourth-order valence-electron chi connectivity index (χ4n) is 2.41. The van der Waals surface area contributed by atoms with E-state index in [4.69, 9.17) is 18.0 Å². The van der Waals surface area contributed by atoms with E-state index in [2.05, 4.69) is 4.90 Å². The molecule has 20 heavy (non-hydrogen) atoms.